The number of rotatable bonds is 2. The molecule has 0 radical (unpaired) electrons. The van der Waals surface area contributed by atoms with Gasteiger partial charge in [0.25, 0.3) is 0 Å². The normalized spacial score (nSPS) is 28.5. The molecule has 2 saturated heterocycles. The Labute approximate surface area is 134 Å². The molecule has 4 nitrogen and oxygen atoms in total. The second-order valence-corrected chi connectivity index (χ2v) is 7.31. The zero-order valence-electron chi connectivity index (χ0n) is 13.8. The summed E-state index contributed by atoms with van der Waals surface area (Å²) in [5.74, 6) is 0.652. The fourth-order valence-corrected chi connectivity index (χ4v) is 4.37. The second kappa shape index (κ2) is 7.47. The van der Waals surface area contributed by atoms with Crippen molar-refractivity contribution < 1.29 is 9.59 Å². The van der Waals surface area contributed by atoms with Gasteiger partial charge in [-0.3, -0.25) is 9.59 Å². The molecule has 0 aromatic heterocycles. The highest BCUT2D eigenvalue weighted by Gasteiger charge is 2.36. The van der Waals surface area contributed by atoms with Gasteiger partial charge in [0.05, 0.1) is 5.92 Å². The van der Waals surface area contributed by atoms with Crippen molar-refractivity contribution in [2.24, 2.45) is 5.92 Å². The zero-order chi connectivity index (χ0) is 15.4. The van der Waals surface area contributed by atoms with Crippen LogP contribution in [0.15, 0.2) is 0 Å². The Hall–Kier alpha value is -1.06. The number of piperidine rings is 1. The van der Waals surface area contributed by atoms with E-state index in [0.29, 0.717) is 24.9 Å². The molecule has 3 aliphatic rings. The van der Waals surface area contributed by atoms with Gasteiger partial charge in [-0.15, -0.1) is 0 Å². The number of nitrogens with zero attached hydrogens (tertiary/aromatic N) is 2. The lowest BCUT2D eigenvalue weighted by Crippen LogP contribution is -2.50. The van der Waals surface area contributed by atoms with Crippen LogP contribution in [-0.2, 0) is 9.59 Å². The Bertz CT molecular complexity index is 396. The van der Waals surface area contributed by atoms with E-state index in [1.54, 1.807) is 0 Å². The van der Waals surface area contributed by atoms with Gasteiger partial charge < -0.3 is 9.80 Å². The predicted molar refractivity (Wildman–Crippen MR) is 86.4 cm³/mol. The second-order valence-electron chi connectivity index (χ2n) is 7.31. The summed E-state index contributed by atoms with van der Waals surface area (Å²) in [5.41, 5.74) is 0. The number of hydrogen-bond donors (Lipinski definition) is 0. The van der Waals surface area contributed by atoms with Crippen molar-refractivity contribution in [1.82, 2.24) is 9.80 Å². The number of carbonyl (C=O) groups is 2. The standard InChI is InChI=1S/C18H30N2O2/c21-17-11-10-15(14-20(17)16-8-4-5-9-16)18(22)19-12-6-2-1-3-7-13-19/h15-16H,1-14H2/t15-/m0/s1. The van der Waals surface area contributed by atoms with Gasteiger partial charge in [0.15, 0.2) is 0 Å². The molecule has 0 spiro atoms. The van der Waals surface area contributed by atoms with Crippen LogP contribution in [0.3, 0.4) is 0 Å². The van der Waals surface area contributed by atoms with Crippen LogP contribution < -0.4 is 0 Å². The van der Waals surface area contributed by atoms with Crippen LogP contribution >= 0.6 is 0 Å². The molecule has 3 rings (SSSR count). The minimum Gasteiger partial charge on any atom is -0.342 e. The first-order valence-electron chi connectivity index (χ1n) is 9.34. The molecule has 0 N–H and O–H groups in total. The van der Waals surface area contributed by atoms with Crippen LogP contribution in [0, 0.1) is 5.92 Å². The topological polar surface area (TPSA) is 40.6 Å². The molecule has 0 unspecified atom stereocenters. The highest BCUT2D eigenvalue weighted by atomic mass is 16.2. The Morgan fingerprint density at radius 3 is 2.18 bits per heavy atom. The van der Waals surface area contributed by atoms with Crippen LogP contribution in [0.4, 0.5) is 0 Å². The van der Waals surface area contributed by atoms with Crippen LogP contribution in [0.1, 0.15) is 70.6 Å². The quantitative estimate of drug-likeness (QED) is 0.787. The SMILES string of the molecule is O=C([C@H]1CCC(=O)N(C2CCCC2)C1)N1CCCCCCC1. The largest absolute Gasteiger partial charge is 0.342 e. The maximum absolute atomic E-state index is 12.9. The van der Waals surface area contributed by atoms with Gasteiger partial charge in [0.1, 0.15) is 0 Å². The Balaban J connectivity index is 1.60. The van der Waals surface area contributed by atoms with Crippen molar-refractivity contribution in [3.8, 4) is 0 Å². The van der Waals surface area contributed by atoms with Crippen LogP contribution in [0.2, 0.25) is 0 Å². The van der Waals surface area contributed by atoms with E-state index in [2.05, 4.69) is 4.90 Å². The third kappa shape index (κ3) is 3.64. The van der Waals surface area contributed by atoms with Gasteiger partial charge in [0, 0.05) is 32.1 Å². The van der Waals surface area contributed by atoms with Gasteiger partial charge >= 0.3 is 0 Å². The Morgan fingerprint density at radius 2 is 1.50 bits per heavy atom. The molecule has 1 saturated carbocycles. The maximum Gasteiger partial charge on any atom is 0.227 e. The average Bonchev–Trinajstić information content (AvgIpc) is 3.01. The van der Waals surface area contributed by atoms with E-state index in [9.17, 15) is 9.59 Å². The van der Waals surface area contributed by atoms with Crippen molar-refractivity contribution in [2.75, 3.05) is 19.6 Å². The van der Waals surface area contributed by atoms with E-state index in [4.69, 9.17) is 0 Å². The first kappa shape index (κ1) is 15.8. The predicted octanol–water partition coefficient (Wildman–Crippen LogP) is 2.96. The average molecular weight is 306 g/mol. The fraction of sp³-hybridized carbons (Fsp3) is 0.889. The van der Waals surface area contributed by atoms with Gasteiger partial charge in [-0.25, -0.2) is 0 Å². The van der Waals surface area contributed by atoms with E-state index in [-0.39, 0.29) is 11.8 Å². The van der Waals surface area contributed by atoms with Crippen molar-refractivity contribution in [1.29, 1.82) is 0 Å². The van der Waals surface area contributed by atoms with E-state index in [1.807, 2.05) is 4.90 Å². The lowest BCUT2D eigenvalue weighted by Gasteiger charge is -2.38. The Morgan fingerprint density at radius 1 is 0.864 bits per heavy atom. The third-order valence-electron chi connectivity index (χ3n) is 5.73. The summed E-state index contributed by atoms with van der Waals surface area (Å²) < 4.78 is 0. The molecular formula is C18H30N2O2. The summed E-state index contributed by atoms with van der Waals surface area (Å²) in [6, 6.07) is 0.412. The van der Waals surface area contributed by atoms with Gasteiger partial charge in [-0.2, -0.15) is 0 Å². The minimum atomic E-state index is 0.0535. The van der Waals surface area contributed by atoms with Gasteiger partial charge in [-0.1, -0.05) is 32.1 Å². The molecule has 0 aromatic carbocycles. The molecule has 1 atom stereocenters. The molecule has 3 fully saturated rings. The van der Waals surface area contributed by atoms with Crippen molar-refractivity contribution in [3.63, 3.8) is 0 Å². The minimum absolute atomic E-state index is 0.0535. The molecule has 2 amide bonds. The molecule has 22 heavy (non-hydrogen) atoms. The number of hydrogen-bond acceptors (Lipinski definition) is 2. The number of amides is 2. The van der Waals surface area contributed by atoms with Crippen LogP contribution in [0.5, 0.6) is 0 Å². The molecule has 0 bridgehead atoms. The summed E-state index contributed by atoms with van der Waals surface area (Å²) in [7, 11) is 0. The lowest BCUT2D eigenvalue weighted by molar-refractivity contribution is -0.145. The third-order valence-corrected chi connectivity index (χ3v) is 5.73. The molecule has 0 aromatic rings. The smallest absolute Gasteiger partial charge is 0.227 e. The molecule has 4 heteroatoms. The molecule has 2 aliphatic heterocycles. The van der Waals surface area contributed by atoms with Crippen molar-refractivity contribution in [2.45, 2.75) is 76.7 Å². The summed E-state index contributed by atoms with van der Waals surface area (Å²) in [6.07, 6.45) is 12.2. The monoisotopic (exact) mass is 306 g/mol. The highest BCUT2D eigenvalue weighted by molar-refractivity contribution is 5.84. The van der Waals surface area contributed by atoms with E-state index >= 15 is 0 Å². The van der Waals surface area contributed by atoms with Crippen molar-refractivity contribution >= 4 is 11.8 Å². The molecule has 1 aliphatic carbocycles. The van der Waals surface area contributed by atoms with E-state index in [1.165, 1.54) is 32.1 Å². The highest BCUT2D eigenvalue weighted by Crippen LogP contribution is 2.29. The Kier molecular flexibility index (Phi) is 5.37. The molecule has 2 heterocycles. The van der Waals surface area contributed by atoms with Gasteiger partial charge in [-0.05, 0) is 32.1 Å². The zero-order valence-corrected chi connectivity index (χ0v) is 13.8. The van der Waals surface area contributed by atoms with E-state index in [0.717, 1.165) is 45.2 Å². The fourth-order valence-electron chi connectivity index (χ4n) is 4.37. The van der Waals surface area contributed by atoms with Crippen LogP contribution in [0.25, 0.3) is 0 Å². The van der Waals surface area contributed by atoms with Crippen molar-refractivity contribution in [3.05, 3.63) is 0 Å². The first-order valence-corrected chi connectivity index (χ1v) is 9.34. The maximum atomic E-state index is 12.9. The summed E-state index contributed by atoms with van der Waals surface area (Å²) in [6.45, 7) is 2.53. The van der Waals surface area contributed by atoms with Crippen LogP contribution in [-0.4, -0.2) is 47.3 Å². The number of carbonyl (C=O) groups excluding carboxylic acids is 2. The first-order chi connectivity index (χ1) is 10.8. The number of likely N-dealkylation sites (tertiary alicyclic amines) is 2. The van der Waals surface area contributed by atoms with Gasteiger partial charge in [0.2, 0.25) is 11.8 Å². The summed E-state index contributed by atoms with van der Waals surface area (Å²) in [4.78, 5) is 29.2. The summed E-state index contributed by atoms with van der Waals surface area (Å²) in [5, 5.41) is 0. The summed E-state index contributed by atoms with van der Waals surface area (Å²) >= 11 is 0. The van der Waals surface area contributed by atoms with E-state index < -0.39 is 0 Å². The molecule has 124 valence electrons. The lowest BCUT2D eigenvalue weighted by atomic mass is 9.93. The molecular weight excluding hydrogens is 276 g/mol.